The molecule has 0 unspecified atom stereocenters. The minimum atomic E-state index is -1.18. The van der Waals surface area contributed by atoms with Gasteiger partial charge < -0.3 is 0 Å². The zero-order chi connectivity index (χ0) is 12.9. The highest BCUT2D eigenvalue weighted by molar-refractivity contribution is 7.12. The molecule has 1 aliphatic carbocycles. The number of halogens is 2. The van der Waals surface area contributed by atoms with Gasteiger partial charge in [0.15, 0.2) is 5.15 Å². The van der Waals surface area contributed by atoms with Gasteiger partial charge >= 0.3 is 5.69 Å². The Kier molecular flexibility index (Phi) is 2.60. The van der Waals surface area contributed by atoms with Crippen molar-refractivity contribution < 1.29 is 4.39 Å². The van der Waals surface area contributed by atoms with Crippen LogP contribution >= 0.6 is 22.9 Å². The van der Waals surface area contributed by atoms with Crippen LogP contribution in [-0.2, 0) is 0 Å². The summed E-state index contributed by atoms with van der Waals surface area (Å²) in [5, 5.41) is 1.37. The van der Waals surface area contributed by atoms with E-state index in [1.807, 2.05) is 0 Å². The van der Waals surface area contributed by atoms with E-state index in [-0.39, 0.29) is 5.13 Å². The van der Waals surface area contributed by atoms with Crippen LogP contribution in [0.3, 0.4) is 0 Å². The lowest BCUT2D eigenvalue weighted by molar-refractivity contribution is 0.584. The molecule has 2 aromatic heterocycles. The van der Waals surface area contributed by atoms with Crippen LogP contribution in [0.15, 0.2) is 15.0 Å². The first kappa shape index (κ1) is 11.6. The molecule has 1 saturated carbocycles. The lowest BCUT2D eigenvalue weighted by Crippen LogP contribution is -2.35. The lowest BCUT2D eigenvalue weighted by Gasteiger charge is -2.00. The molecule has 1 N–H and O–H groups in total. The third kappa shape index (κ3) is 1.79. The molecule has 1 fully saturated rings. The average Bonchev–Trinajstić information content (AvgIpc) is 3.07. The summed E-state index contributed by atoms with van der Waals surface area (Å²) in [6.45, 7) is 0. The van der Waals surface area contributed by atoms with Crippen LogP contribution in [0, 0.1) is 5.82 Å². The van der Waals surface area contributed by atoms with Gasteiger partial charge in [-0.25, -0.2) is 9.78 Å². The van der Waals surface area contributed by atoms with E-state index in [4.69, 9.17) is 11.6 Å². The van der Waals surface area contributed by atoms with Gasteiger partial charge in [-0.3, -0.25) is 9.78 Å². The van der Waals surface area contributed by atoms with E-state index in [1.54, 1.807) is 5.38 Å². The fourth-order valence-corrected chi connectivity index (χ4v) is 2.67. The molecule has 0 bridgehead atoms. The van der Waals surface area contributed by atoms with Crippen molar-refractivity contribution >= 4 is 22.9 Å². The van der Waals surface area contributed by atoms with Gasteiger partial charge in [-0.1, -0.05) is 11.6 Å². The summed E-state index contributed by atoms with van der Waals surface area (Å²) in [6.07, 6.45) is 2.12. The summed E-state index contributed by atoms with van der Waals surface area (Å²) >= 11 is 6.52. The predicted molar refractivity (Wildman–Crippen MR) is 65.3 cm³/mol. The van der Waals surface area contributed by atoms with E-state index in [1.165, 1.54) is 0 Å². The Balaban J connectivity index is 2.18. The first-order chi connectivity index (χ1) is 8.58. The second kappa shape index (κ2) is 4.03. The predicted octanol–water partition coefficient (Wildman–Crippen LogP) is 1.65. The fourth-order valence-electron chi connectivity index (χ4n) is 1.61. The zero-order valence-electron chi connectivity index (χ0n) is 8.94. The van der Waals surface area contributed by atoms with Crippen molar-refractivity contribution in [3.63, 3.8) is 0 Å². The molecule has 0 amide bonds. The van der Waals surface area contributed by atoms with E-state index in [0.717, 1.165) is 29.9 Å². The monoisotopic (exact) mass is 287 g/mol. The quantitative estimate of drug-likeness (QED) is 0.854. The maximum absolute atomic E-state index is 13.4. The Morgan fingerprint density at radius 1 is 1.50 bits per heavy atom. The first-order valence-corrected chi connectivity index (χ1v) is 6.50. The third-order valence-corrected chi connectivity index (χ3v) is 3.80. The molecule has 0 aromatic carbocycles. The molecule has 0 spiro atoms. The SMILES string of the molecule is O=c1[nH]c(Cl)c(F)c(=O)n1-c1nc(C2CC2)cs1. The van der Waals surface area contributed by atoms with E-state index < -0.39 is 22.2 Å². The highest BCUT2D eigenvalue weighted by Gasteiger charge is 2.27. The third-order valence-electron chi connectivity index (χ3n) is 2.70. The van der Waals surface area contributed by atoms with Crippen molar-refractivity contribution in [2.45, 2.75) is 18.8 Å². The molecule has 0 saturated heterocycles. The van der Waals surface area contributed by atoms with Crippen LogP contribution in [0.1, 0.15) is 24.5 Å². The van der Waals surface area contributed by atoms with Crippen molar-refractivity contribution in [3.8, 4) is 5.13 Å². The molecule has 94 valence electrons. The lowest BCUT2D eigenvalue weighted by atomic mass is 10.3. The number of thiazole rings is 1. The van der Waals surface area contributed by atoms with E-state index in [2.05, 4.69) is 9.97 Å². The molecule has 0 atom stereocenters. The number of rotatable bonds is 2. The normalized spacial score (nSPS) is 15.0. The van der Waals surface area contributed by atoms with Gasteiger partial charge in [-0.15, -0.1) is 11.3 Å². The Bertz CT molecular complexity index is 731. The largest absolute Gasteiger partial charge is 0.336 e. The van der Waals surface area contributed by atoms with Gasteiger partial charge in [0, 0.05) is 11.3 Å². The standard InChI is InChI=1S/C10H7ClFN3O2S/c11-7-6(12)8(16)15(9(17)14-7)10-13-5(3-18-10)4-1-2-4/h3-4H,1-2H2,(H,14,17). The number of nitrogens with zero attached hydrogens (tertiary/aromatic N) is 2. The van der Waals surface area contributed by atoms with Gasteiger partial charge in [0.25, 0.3) is 5.56 Å². The highest BCUT2D eigenvalue weighted by Crippen LogP contribution is 2.40. The van der Waals surface area contributed by atoms with Crippen molar-refractivity contribution in [2.75, 3.05) is 0 Å². The minimum absolute atomic E-state index is 0.165. The number of aromatic nitrogens is 3. The van der Waals surface area contributed by atoms with Crippen molar-refractivity contribution in [1.82, 2.24) is 14.5 Å². The Labute approximate surface area is 109 Å². The average molecular weight is 288 g/mol. The molecule has 2 heterocycles. The number of hydrogen-bond acceptors (Lipinski definition) is 4. The van der Waals surface area contributed by atoms with Crippen LogP contribution < -0.4 is 11.2 Å². The number of nitrogens with one attached hydrogen (secondary N) is 1. The van der Waals surface area contributed by atoms with Crippen molar-refractivity contribution in [1.29, 1.82) is 0 Å². The number of aromatic amines is 1. The number of hydrogen-bond donors (Lipinski definition) is 1. The molecule has 2 aromatic rings. The van der Waals surface area contributed by atoms with Crippen LogP contribution in [-0.4, -0.2) is 14.5 Å². The molecule has 1 aliphatic rings. The maximum atomic E-state index is 13.4. The Morgan fingerprint density at radius 3 is 2.89 bits per heavy atom. The summed E-state index contributed by atoms with van der Waals surface area (Å²) < 4.78 is 14.0. The van der Waals surface area contributed by atoms with Gasteiger partial charge in [-0.2, -0.15) is 8.96 Å². The highest BCUT2D eigenvalue weighted by atomic mass is 35.5. The zero-order valence-corrected chi connectivity index (χ0v) is 10.5. The second-order valence-electron chi connectivity index (χ2n) is 4.03. The van der Waals surface area contributed by atoms with E-state index >= 15 is 0 Å². The van der Waals surface area contributed by atoms with Gasteiger partial charge in [0.2, 0.25) is 10.9 Å². The Hall–Kier alpha value is -1.47. The van der Waals surface area contributed by atoms with Gasteiger partial charge in [0.1, 0.15) is 0 Å². The second-order valence-corrected chi connectivity index (χ2v) is 5.24. The van der Waals surface area contributed by atoms with Crippen LogP contribution in [0.4, 0.5) is 4.39 Å². The summed E-state index contributed by atoms with van der Waals surface area (Å²) in [4.78, 5) is 29.5. The first-order valence-electron chi connectivity index (χ1n) is 5.24. The van der Waals surface area contributed by atoms with Crippen LogP contribution in [0.25, 0.3) is 5.13 Å². The minimum Gasteiger partial charge on any atom is -0.295 e. The summed E-state index contributed by atoms with van der Waals surface area (Å²) in [7, 11) is 0. The smallest absolute Gasteiger partial charge is 0.295 e. The molecule has 5 nitrogen and oxygen atoms in total. The fraction of sp³-hybridized carbons (Fsp3) is 0.300. The van der Waals surface area contributed by atoms with Gasteiger partial charge in [0.05, 0.1) is 5.69 Å². The van der Waals surface area contributed by atoms with Crippen molar-refractivity contribution in [2.24, 2.45) is 0 Å². The summed E-state index contributed by atoms with van der Waals surface area (Å²) in [6, 6.07) is 0. The Morgan fingerprint density at radius 2 is 2.22 bits per heavy atom. The van der Waals surface area contributed by atoms with E-state index in [0.29, 0.717) is 10.5 Å². The van der Waals surface area contributed by atoms with Gasteiger partial charge in [-0.05, 0) is 12.8 Å². The molecule has 8 heteroatoms. The molecular weight excluding hydrogens is 281 g/mol. The maximum Gasteiger partial charge on any atom is 0.336 e. The molecule has 0 radical (unpaired) electrons. The van der Waals surface area contributed by atoms with Crippen molar-refractivity contribution in [3.05, 3.63) is 42.9 Å². The molecule has 3 rings (SSSR count). The number of H-pyrrole nitrogens is 1. The molecular formula is C10H7ClFN3O2S. The molecule has 0 aliphatic heterocycles. The van der Waals surface area contributed by atoms with Crippen LogP contribution in [0.5, 0.6) is 0 Å². The summed E-state index contributed by atoms with van der Waals surface area (Å²) in [5.41, 5.74) is -1.03. The van der Waals surface area contributed by atoms with Crippen LogP contribution in [0.2, 0.25) is 5.15 Å². The summed E-state index contributed by atoms with van der Waals surface area (Å²) in [5.74, 6) is -0.777. The topological polar surface area (TPSA) is 67.8 Å². The van der Waals surface area contributed by atoms with E-state index in [9.17, 15) is 14.0 Å². The molecule has 18 heavy (non-hydrogen) atoms.